The molecular weight excluding hydrogens is 256 g/mol. The van der Waals surface area contributed by atoms with Gasteiger partial charge in [-0.2, -0.15) is 9.61 Å². The summed E-state index contributed by atoms with van der Waals surface area (Å²) >= 11 is 0. The lowest BCUT2D eigenvalue weighted by Crippen LogP contribution is -2.21. The van der Waals surface area contributed by atoms with Crippen molar-refractivity contribution in [1.29, 1.82) is 0 Å². The maximum Gasteiger partial charge on any atom is 0.178 e. The van der Waals surface area contributed by atoms with Gasteiger partial charge >= 0.3 is 0 Å². The third-order valence-corrected chi connectivity index (χ3v) is 3.20. The summed E-state index contributed by atoms with van der Waals surface area (Å²) in [6.45, 7) is 4.61. The largest absolute Gasteiger partial charge is 0.350 e. The summed E-state index contributed by atoms with van der Waals surface area (Å²) in [7, 11) is 1.98. The van der Waals surface area contributed by atoms with E-state index in [9.17, 15) is 0 Å². The van der Waals surface area contributed by atoms with E-state index < -0.39 is 0 Å². The molecule has 3 aromatic rings. The smallest absolute Gasteiger partial charge is 0.178 e. The average Bonchev–Trinajstić information content (AvgIpc) is 3.08. The fraction of sp³-hybridized carbons (Fsp3) is 0.417. The van der Waals surface area contributed by atoms with Crippen LogP contribution in [0.5, 0.6) is 0 Å². The van der Waals surface area contributed by atoms with E-state index in [2.05, 4.69) is 37.4 Å². The predicted molar refractivity (Wildman–Crippen MR) is 73.4 cm³/mol. The summed E-state index contributed by atoms with van der Waals surface area (Å²) in [4.78, 5) is 6.18. The van der Waals surface area contributed by atoms with Gasteiger partial charge in [0.1, 0.15) is 12.2 Å². The Kier molecular flexibility index (Phi) is 3.05. The van der Waals surface area contributed by atoms with Crippen molar-refractivity contribution in [3.63, 3.8) is 0 Å². The number of aromatic amines is 1. The molecule has 104 valence electrons. The lowest BCUT2D eigenvalue weighted by molar-refractivity contribution is 0.780. The molecule has 0 unspecified atom stereocenters. The molecule has 0 aliphatic carbocycles. The first-order valence-electron chi connectivity index (χ1n) is 6.46. The molecule has 1 N–H and O–H groups in total. The summed E-state index contributed by atoms with van der Waals surface area (Å²) in [5, 5.41) is 19.5. The number of aromatic nitrogens is 7. The summed E-state index contributed by atoms with van der Waals surface area (Å²) in [5.74, 6) is 2.48. The molecule has 8 nitrogen and oxygen atoms in total. The number of H-pyrrole nitrogens is 1. The second-order valence-corrected chi connectivity index (χ2v) is 4.65. The van der Waals surface area contributed by atoms with Gasteiger partial charge in [-0.15, -0.1) is 15.3 Å². The highest BCUT2D eigenvalue weighted by atomic mass is 15.4. The van der Waals surface area contributed by atoms with Gasteiger partial charge in [-0.05, 0) is 25.0 Å². The van der Waals surface area contributed by atoms with Crippen molar-refractivity contribution in [3.05, 3.63) is 29.6 Å². The van der Waals surface area contributed by atoms with Gasteiger partial charge in [0.25, 0.3) is 0 Å². The molecule has 0 atom stereocenters. The Bertz CT molecular complexity index is 714. The second-order valence-electron chi connectivity index (χ2n) is 4.65. The second kappa shape index (κ2) is 4.87. The van der Waals surface area contributed by atoms with Gasteiger partial charge < -0.3 is 4.90 Å². The predicted octanol–water partition coefficient (Wildman–Crippen LogP) is 0.750. The molecule has 0 aromatic carbocycles. The van der Waals surface area contributed by atoms with Gasteiger partial charge in [0, 0.05) is 7.05 Å². The zero-order valence-corrected chi connectivity index (χ0v) is 11.7. The van der Waals surface area contributed by atoms with Crippen LogP contribution in [-0.2, 0) is 13.0 Å². The molecule has 20 heavy (non-hydrogen) atoms. The summed E-state index contributed by atoms with van der Waals surface area (Å²) in [6, 6.07) is 2.03. The Morgan fingerprint density at radius 2 is 2.20 bits per heavy atom. The normalized spacial score (nSPS) is 11.2. The van der Waals surface area contributed by atoms with Gasteiger partial charge in [-0.25, -0.2) is 4.98 Å². The van der Waals surface area contributed by atoms with Crippen molar-refractivity contribution in [3.8, 4) is 0 Å². The molecule has 0 fully saturated rings. The monoisotopic (exact) mass is 272 g/mol. The quantitative estimate of drug-likeness (QED) is 0.754. The zero-order valence-electron chi connectivity index (χ0n) is 11.7. The highest BCUT2D eigenvalue weighted by molar-refractivity contribution is 5.52. The Morgan fingerprint density at radius 1 is 1.35 bits per heavy atom. The lowest BCUT2D eigenvalue weighted by Gasteiger charge is -2.19. The van der Waals surface area contributed by atoms with Crippen LogP contribution in [0.2, 0.25) is 0 Å². The van der Waals surface area contributed by atoms with E-state index in [0.29, 0.717) is 6.54 Å². The number of hydrogen-bond donors (Lipinski definition) is 1. The summed E-state index contributed by atoms with van der Waals surface area (Å²) in [5.41, 5.74) is 1.91. The molecule has 0 spiro atoms. The van der Waals surface area contributed by atoms with Gasteiger partial charge in [0.2, 0.25) is 0 Å². The van der Waals surface area contributed by atoms with Crippen LogP contribution in [0.25, 0.3) is 5.65 Å². The van der Waals surface area contributed by atoms with Crippen LogP contribution in [-0.4, -0.2) is 42.0 Å². The highest BCUT2D eigenvalue weighted by Gasteiger charge is 2.14. The SMILES string of the molecule is CCc1cc2nnc(C)n2nc1N(C)Cc1ncn[nH]1. The molecule has 0 radical (unpaired) electrons. The molecule has 0 bridgehead atoms. The minimum absolute atomic E-state index is 0.618. The first-order valence-corrected chi connectivity index (χ1v) is 6.46. The minimum atomic E-state index is 0.618. The maximum absolute atomic E-state index is 4.64. The van der Waals surface area contributed by atoms with Gasteiger partial charge in [-0.3, -0.25) is 5.10 Å². The van der Waals surface area contributed by atoms with E-state index >= 15 is 0 Å². The third-order valence-electron chi connectivity index (χ3n) is 3.20. The maximum atomic E-state index is 4.64. The number of aryl methyl sites for hydroxylation is 2. The van der Waals surface area contributed by atoms with Crippen LogP contribution in [0.3, 0.4) is 0 Å². The molecule has 0 aliphatic rings. The van der Waals surface area contributed by atoms with Gasteiger partial charge in [0.05, 0.1) is 6.54 Å². The van der Waals surface area contributed by atoms with Crippen LogP contribution in [0, 0.1) is 6.92 Å². The van der Waals surface area contributed by atoms with Crippen molar-refractivity contribution >= 4 is 11.5 Å². The summed E-state index contributed by atoms with van der Waals surface area (Å²) < 4.78 is 1.76. The van der Waals surface area contributed by atoms with Crippen LogP contribution in [0.1, 0.15) is 24.1 Å². The first kappa shape index (κ1) is 12.5. The molecule has 3 rings (SSSR count). The molecular formula is C12H16N8. The molecule has 0 amide bonds. The number of nitrogens with one attached hydrogen (secondary N) is 1. The fourth-order valence-electron chi connectivity index (χ4n) is 2.16. The van der Waals surface area contributed by atoms with Crippen LogP contribution >= 0.6 is 0 Å². The average molecular weight is 272 g/mol. The van der Waals surface area contributed by atoms with Crippen molar-refractivity contribution < 1.29 is 0 Å². The zero-order chi connectivity index (χ0) is 14.1. The van der Waals surface area contributed by atoms with E-state index in [1.54, 1.807) is 4.52 Å². The van der Waals surface area contributed by atoms with Crippen LogP contribution < -0.4 is 4.90 Å². The number of anilines is 1. The molecule has 3 heterocycles. The molecule has 3 aromatic heterocycles. The Hall–Kier alpha value is -2.51. The standard InChI is InChI=1S/C12H16N8/c1-4-9-5-11-17-15-8(2)20(11)18-12(9)19(3)6-10-13-7-14-16-10/h5,7H,4,6H2,1-3H3,(H,13,14,16). The van der Waals surface area contributed by atoms with Crippen molar-refractivity contribution in [2.75, 3.05) is 11.9 Å². The summed E-state index contributed by atoms with van der Waals surface area (Å²) in [6.07, 6.45) is 2.38. The van der Waals surface area contributed by atoms with Crippen molar-refractivity contribution in [2.45, 2.75) is 26.8 Å². The number of nitrogens with zero attached hydrogens (tertiary/aromatic N) is 7. The van der Waals surface area contributed by atoms with Crippen molar-refractivity contribution in [1.82, 2.24) is 35.0 Å². The van der Waals surface area contributed by atoms with E-state index in [1.165, 1.54) is 6.33 Å². The number of fused-ring (bicyclic) bond motifs is 1. The molecule has 0 aliphatic heterocycles. The molecule has 8 heteroatoms. The van der Waals surface area contributed by atoms with E-state index in [1.807, 2.05) is 24.9 Å². The molecule has 0 saturated carbocycles. The highest BCUT2D eigenvalue weighted by Crippen LogP contribution is 2.20. The minimum Gasteiger partial charge on any atom is -0.350 e. The van der Waals surface area contributed by atoms with Crippen LogP contribution in [0.4, 0.5) is 5.82 Å². The first-order chi connectivity index (χ1) is 9.69. The Balaban J connectivity index is 2.01. The number of hydrogen-bond acceptors (Lipinski definition) is 6. The number of rotatable bonds is 4. The van der Waals surface area contributed by atoms with Gasteiger partial charge in [0.15, 0.2) is 17.3 Å². The Morgan fingerprint density at radius 3 is 2.90 bits per heavy atom. The molecule has 0 saturated heterocycles. The Labute approximate surface area is 115 Å². The third kappa shape index (κ3) is 2.09. The topological polar surface area (TPSA) is 87.9 Å². The lowest BCUT2D eigenvalue weighted by atomic mass is 10.2. The van der Waals surface area contributed by atoms with Gasteiger partial charge in [-0.1, -0.05) is 6.92 Å². The van der Waals surface area contributed by atoms with Crippen LogP contribution in [0.15, 0.2) is 12.4 Å². The van der Waals surface area contributed by atoms with E-state index in [4.69, 9.17) is 0 Å². The fourth-order valence-corrected chi connectivity index (χ4v) is 2.16. The van der Waals surface area contributed by atoms with E-state index in [-0.39, 0.29) is 0 Å². The van der Waals surface area contributed by atoms with Crippen molar-refractivity contribution in [2.24, 2.45) is 0 Å². The van der Waals surface area contributed by atoms with E-state index in [0.717, 1.165) is 35.1 Å².